The van der Waals surface area contributed by atoms with Crippen molar-refractivity contribution in [3.05, 3.63) is 51.8 Å². The summed E-state index contributed by atoms with van der Waals surface area (Å²) in [5, 5.41) is 15.7. The number of rotatable bonds is 3. The van der Waals surface area contributed by atoms with Crippen LogP contribution in [0, 0.1) is 13.8 Å². The highest BCUT2D eigenvalue weighted by Gasteiger charge is 2.28. The molecular formula is C15H19ClN2O. The van der Waals surface area contributed by atoms with Gasteiger partial charge in [-0.3, -0.25) is 4.68 Å². The largest absolute Gasteiger partial charge is 0.385 e. The first-order chi connectivity index (χ1) is 8.83. The normalized spacial score (nSPS) is 14.4. The summed E-state index contributed by atoms with van der Waals surface area (Å²) in [6.45, 7) is 5.68. The van der Waals surface area contributed by atoms with E-state index in [1.807, 2.05) is 52.1 Å². The molecule has 0 aliphatic carbocycles. The van der Waals surface area contributed by atoms with E-state index in [-0.39, 0.29) is 0 Å². The van der Waals surface area contributed by atoms with Gasteiger partial charge < -0.3 is 5.11 Å². The Morgan fingerprint density at radius 3 is 2.47 bits per heavy atom. The zero-order valence-electron chi connectivity index (χ0n) is 11.7. The number of hydrogen-bond acceptors (Lipinski definition) is 2. The minimum absolute atomic E-state index is 0.439. The molecule has 4 heteroatoms. The van der Waals surface area contributed by atoms with Crippen LogP contribution in [0.2, 0.25) is 5.02 Å². The van der Waals surface area contributed by atoms with Crippen molar-refractivity contribution in [3.63, 3.8) is 0 Å². The van der Waals surface area contributed by atoms with Gasteiger partial charge in [0.2, 0.25) is 0 Å². The molecule has 0 saturated carbocycles. The SMILES string of the molecule is Cc1ccccc1C(C)(O)Cc1c(Cl)c(C)nn1C. The van der Waals surface area contributed by atoms with E-state index in [0.717, 1.165) is 22.5 Å². The van der Waals surface area contributed by atoms with Gasteiger partial charge in [-0.2, -0.15) is 5.10 Å². The summed E-state index contributed by atoms with van der Waals surface area (Å²) in [5.41, 5.74) is 2.68. The van der Waals surface area contributed by atoms with Gasteiger partial charge in [0.15, 0.2) is 0 Å². The quantitative estimate of drug-likeness (QED) is 0.937. The highest BCUT2D eigenvalue weighted by Crippen LogP contribution is 2.31. The second kappa shape index (κ2) is 4.99. The molecule has 2 aromatic rings. The predicted molar refractivity (Wildman–Crippen MR) is 77.4 cm³/mol. The molecule has 1 atom stereocenters. The number of aromatic nitrogens is 2. The van der Waals surface area contributed by atoms with Crippen LogP contribution in [0.1, 0.15) is 29.4 Å². The van der Waals surface area contributed by atoms with Crippen molar-refractivity contribution in [2.45, 2.75) is 32.8 Å². The Balaban J connectivity index is 2.39. The number of benzene rings is 1. The van der Waals surface area contributed by atoms with Crippen molar-refractivity contribution < 1.29 is 5.11 Å². The molecule has 0 saturated heterocycles. The van der Waals surface area contributed by atoms with Gasteiger partial charge in [0.05, 0.1) is 22.0 Å². The molecule has 0 spiro atoms. The molecule has 2 rings (SSSR count). The van der Waals surface area contributed by atoms with E-state index in [1.54, 1.807) is 4.68 Å². The minimum atomic E-state index is -0.963. The van der Waals surface area contributed by atoms with Crippen LogP contribution in [-0.2, 0) is 19.1 Å². The van der Waals surface area contributed by atoms with E-state index in [9.17, 15) is 5.11 Å². The summed E-state index contributed by atoms with van der Waals surface area (Å²) in [7, 11) is 1.85. The van der Waals surface area contributed by atoms with Gasteiger partial charge in [0, 0.05) is 13.5 Å². The van der Waals surface area contributed by atoms with Crippen LogP contribution >= 0.6 is 11.6 Å². The third-order valence-corrected chi connectivity index (χ3v) is 3.99. The molecule has 0 aliphatic rings. The van der Waals surface area contributed by atoms with Gasteiger partial charge >= 0.3 is 0 Å². The molecule has 0 fully saturated rings. The maximum absolute atomic E-state index is 10.8. The fraction of sp³-hybridized carbons (Fsp3) is 0.400. The smallest absolute Gasteiger partial charge is 0.0926 e. The first-order valence-corrected chi connectivity index (χ1v) is 6.67. The van der Waals surface area contributed by atoms with Gasteiger partial charge in [0.1, 0.15) is 0 Å². The summed E-state index contributed by atoms with van der Waals surface area (Å²) < 4.78 is 1.74. The molecule has 0 amide bonds. The molecule has 1 unspecified atom stereocenters. The third-order valence-electron chi connectivity index (χ3n) is 3.50. The Morgan fingerprint density at radius 1 is 1.32 bits per heavy atom. The van der Waals surface area contributed by atoms with Crippen molar-refractivity contribution in [2.24, 2.45) is 7.05 Å². The lowest BCUT2D eigenvalue weighted by atomic mass is 9.88. The molecule has 1 aromatic heterocycles. The molecule has 1 N–H and O–H groups in total. The second-order valence-corrected chi connectivity index (χ2v) is 5.61. The van der Waals surface area contributed by atoms with E-state index in [2.05, 4.69) is 5.10 Å². The van der Waals surface area contributed by atoms with Gasteiger partial charge in [-0.25, -0.2) is 0 Å². The van der Waals surface area contributed by atoms with Crippen molar-refractivity contribution in [3.8, 4) is 0 Å². The number of halogens is 1. The fourth-order valence-corrected chi connectivity index (χ4v) is 2.70. The van der Waals surface area contributed by atoms with Crippen molar-refractivity contribution in [1.29, 1.82) is 0 Å². The lowest BCUT2D eigenvalue weighted by Crippen LogP contribution is -2.26. The third kappa shape index (κ3) is 2.67. The van der Waals surface area contributed by atoms with Gasteiger partial charge in [-0.1, -0.05) is 35.9 Å². The zero-order chi connectivity index (χ0) is 14.2. The lowest BCUT2D eigenvalue weighted by Gasteiger charge is -2.26. The van der Waals surface area contributed by atoms with Gasteiger partial charge in [0.25, 0.3) is 0 Å². The first kappa shape index (κ1) is 14.1. The number of aliphatic hydroxyl groups is 1. The average molecular weight is 279 g/mol. The van der Waals surface area contributed by atoms with Crippen LogP contribution in [0.4, 0.5) is 0 Å². The Kier molecular flexibility index (Phi) is 3.70. The monoisotopic (exact) mass is 278 g/mol. The van der Waals surface area contributed by atoms with Crippen molar-refractivity contribution in [1.82, 2.24) is 9.78 Å². The maximum Gasteiger partial charge on any atom is 0.0926 e. The molecule has 1 heterocycles. The van der Waals surface area contributed by atoms with Gasteiger partial charge in [-0.15, -0.1) is 0 Å². The average Bonchev–Trinajstić information content (AvgIpc) is 2.56. The number of nitrogens with zero attached hydrogens (tertiary/aromatic N) is 2. The lowest BCUT2D eigenvalue weighted by molar-refractivity contribution is 0.0550. The number of aryl methyl sites for hydroxylation is 3. The topological polar surface area (TPSA) is 38.1 Å². The summed E-state index contributed by atoms with van der Waals surface area (Å²) in [6, 6.07) is 7.86. The van der Waals surface area contributed by atoms with Crippen LogP contribution in [0.3, 0.4) is 0 Å². The van der Waals surface area contributed by atoms with E-state index < -0.39 is 5.60 Å². The van der Waals surface area contributed by atoms with E-state index in [4.69, 9.17) is 11.6 Å². The predicted octanol–water partition coefficient (Wildman–Crippen LogP) is 3.14. The Bertz CT molecular complexity index is 602. The molecule has 0 bridgehead atoms. The zero-order valence-corrected chi connectivity index (χ0v) is 12.5. The highest BCUT2D eigenvalue weighted by molar-refractivity contribution is 6.31. The molecule has 1 aromatic carbocycles. The van der Waals surface area contributed by atoms with Gasteiger partial charge in [-0.05, 0) is 31.9 Å². The Labute approximate surface area is 118 Å². The summed E-state index contributed by atoms with van der Waals surface area (Å²) in [4.78, 5) is 0. The summed E-state index contributed by atoms with van der Waals surface area (Å²) in [6.07, 6.45) is 0.439. The summed E-state index contributed by atoms with van der Waals surface area (Å²) in [5.74, 6) is 0. The molecular weight excluding hydrogens is 260 g/mol. The van der Waals surface area contributed by atoms with Crippen LogP contribution in [-0.4, -0.2) is 14.9 Å². The molecule has 0 aliphatic heterocycles. The van der Waals surface area contributed by atoms with Crippen LogP contribution in [0.15, 0.2) is 24.3 Å². The van der Waals surface area contributed by atoms with Crippen LogP contribution in [0.25, 0.3) is 0 Å². The van der Waals surface area contributed by atoms with E-state index >= 15 is 0 Å². The minimum Gasteiger partial charge on any atom is -0.385 e. The molecule has 0 radical (unpaired) electrons. The highest BCUT2D eigenvalue weighted by atomic mass is 35.5. The van der Waals surface area contributed by atoms with Crippen molar-refractivity contribution in [2.75, 3.05) is 0 Å². The molecule has 3 nitrogen and oxygen atoms in total. The summed E-state index contributed by atoms with van der Waals surface area (Å²) >= 11 is 6.25. The van der Waals surface area contributed by atoms with Crippen LogP contribution in [0.5, 0.6) is 0 Å². The fourth-order valence-electron chi connectivity index (χ4n) is 2.47. The van der Waals surface area contributed by atoms with Crippen LogP contribution < -0.4 is 0 Å². The maximum atomic E-state index is 10.8. The van der Waals surface area contributed by atoms with E-state index in [1.165, 1.54) is 0 Å². The van der Waals surface area contributed by atoms with E-state index in [0.29, 0.717) is 11.4 Å². The molecule has 102 valence electrons. The Morgan fingerprint density at radius 2 is 1.95 bits per heavy atom. The first-order valence-electron chi connectivity index (χ1n) is 6.29. The Hall–Kier alpha value is -1.32. The number of hydrogen-bond donors (Lipinski definition) is 1. The standard InChI is InChI=1S/C15H19ClN2O/c1-10-7-5-6-8-12(10)15(3,19)9-13-14(16)11(2)17-18(13)4/h5-8,19H,9H2,1-4H3. The second-order valence-electron chi connectivity index (χ2n) is 5.24. The van der Waals surface area contributed by atoms with Crippen molar-refractivity contribution >= 4 is 11.6 Å². The molecule has 19 heavy (non-hydrogen) atoms.